The molecule has 0 aromatic rings. The topological polar surface area (TPSA) is 52.6 Å². The van der Waals surface area contributed by atoms with E-state index in [9.17, 15) is 9.59 Å². The van der Waals surface area contributed by atoms with Crippen LogP contribution in [0.5, 0.6) is 0 Å². The van der Waals surface area contributed by atoms with Crippen molar-refractivity contribution in [2.45, 2.75) is 20.0 Å². The van der Waals surface area contributed by atoms with E-state index < -0.39 is 11.9 Å². The minimum atomic E-state index is -0.964. The molecule has 10 heavy (non-hydrogen) atoms. The molecule has 0 amide bonds. The lowest BCUT2D eigenvalue weighted by Gasteiger charge is -2.04. The van der Waals surface area contributed by atoms with Crippen LogP contribution in [0.1, 0.15) is 13.8 Å². The third kappa shape index (κ3) is 3.06. The fourth-order valence-corrected chi connectivity index (χ4v) is 0.346. The second-order valence-electron chi connectivity index (χ2n) is 1.95. The lowest BCUT2D eigenvalue weighted by molar-refractivity contribution is -0.168. The predicted octanol–water partition coefficient (Wildman–Crippen LogP) is 0.111. The molecule has 0 fully saturated rings. The first-order chi connectivity index (χ1) is 4.57. The summed E-state index contributed by atoms with van der Waals surface area (Å²) < 4.78 is 8.59. The molecule has 0 saturated heterocycles. The molecule has 0 aromatic heterocycles. The minimum absolute atomic E-state index is 0.286. The van der Waals surface area contributed by atoms with Gasteiger partial charge in [0.2, 0.25) is 0 Å². The summed E-state index contributed by atoms with van der Waals surface area (Å²) in [6.07, 6.45) is -0.286. The van der Waals surface area contributed by atoms with E-state index in [0.29, 0.717) is 0 Å². The number of esters is 2. The van der Waals surface area contributed by atoms with Crippen molar-refractivity contribution >= 4 is 11.9 Å². The second kappa shape index (κ2) is 3.87. The number of carbonyl (C=O) groups is 2. The summed E-state index contributed by atoms with van der Waals surface area (Å²) in [5.41, 5.74) is 0. The molecule has 0 aliphatic rings. The number of hydrogen-bond donors (Lipinski definition) is 0. The number of carbonyl (C=O) groups excluding carboxylic acids is 2. The summed E-state index contributed by atoms with van der Waals surface area (Å²) in [6.45, 7) is 3.31. The summed E-state index contributed by atoms with van der Waals surface area (Å²) in [5, 5.41) is 0. The number of rotatable bonds is 1. The Labute approximate surface area is 59.1 Å². The Morgan fingerprint density at radius 3 is 2.00 bits per heavy atom. The van der Waals surface area contributed by atoms with Crippen molar-refractivity contribution in [1.82, 2.24) is 0 Å². The lowest BCUT2D eigenvalue weighted by Crippen LogP contribution is -2.21. The molecule has 0 saturated carbocycles. The Balaban J connectivity index is 3.74. The lowest BCUT2D eigenvalue weighted by atomic mass is 10.5. The van der Waals surface area contributed by atoms with Crippen LogP contribution in [0.15, 0.2) is 0 Å². The normalized spacial score (nSPS) is 9.20. The van der Waals surface area contributed by atoms with E-state index in [1.54, 1.807) is 13.8 Å². The Morgan fingerprint density at radius 1 is 1.20 bits per heavy atom. The molecule has 0 aliphatic heterocycles. The van der Waals surface area contributed by atoms with Gasteiger partial charge in [-0.2, -0.15) is 0 Å². The van der Waals surface area contributed by atoms with Gasteiger partial charge in [0.05, 0.1) is 13.2 Å². The van der Waals surface area contributed by atoms with E-state index in [2.05, 4.69) is 9.47 Å². The van der Waals surface area contributed by atoms with Gasteiger partial charge in [-0.25, -0.2) is 9.59 Å². The monoisotopic (exact) mass is 146 g/mol. The number of ether oxygens (including phenoxy) is 2. The molecule has 4 nitrogen and oxygen atoms in total. The summed E-state index contributed by atoms with van der Waals surface area (Å²) in [4.78, 5) is 20.8. The maximum Gasteiger partial charge on any atom is 0.417 e. The highest BCUT2D eigenvalue weighted by Gasteiger charge is 2.16. The van der Waals surface area contributed by atoms with Gasteiger partial charge in [-0.3, -0.25) is 0 Å². The van der Waals surface area contributed by atoms with Crippen LogP contribution in [-0.2, 0) is 19.1 Å². The molecule has 0 aliphatic carbocycles. The van der Waals surface area contributed by atoms with Crippen LogP contribution in [0.25, 0.3) is 0 Å². The molecule has 0 spiro atoms. The van der Waals surface area contributed by atoms with Crippen LogP contribution in [-0.4, -0.2) is 25.2 Å². The van der Waals surface area contributed by atoms with Crippen molar-refractivity contribution in [3.05, 3.63) is 0 Å². The predicted molar refractivity (Wildman–Crippen MR) is 33.2 cm³/mol. The van der Waals surface area contributed by atoms with Crippen molar-refractivity contribution in [1.29, 1.82) is 0 Å². The Bertz CT molecular complexity index is 139. The van der Waals surface area contributed by atoms with Crippen LogP contribution in [0.2, 0.25) is 0 Å². The molecule has 58 valence electrons. The van der Waals surface area contributed by atoms with Gasteiger partial charge in [0.25, 0.3) is 0 Å². The van der Waals surface area contributed by atoms with Crippen LogP contribution >= 0.6 is 0 Å². The summed E-state index contributed by atoms with van der Waals surface area (Å²) in [7, 11) is 1.13. The molecule has 0 unspecified atom stereocenters. The zero-order chi connectivity index (χ0) is 8.15. The zero-order valence-corrected chi connectivity index (χ0v) is 6.21. The first kappa shape index (κ1) is 8.94. The van der Waals surface area contributed by atoms with E-state index in [-0.39, 0.29) is 6.10 Å². The fourth-order valence-electron chi connectivity index (χ4n) is 0.346. The Kier molecular flexibility index (Phi) is 3.46. The third-order valence-electron chi connectivity index (χ3n) is 0.695. The fraction of sp³-hybridized carbons (Fsp3) is 0.667. The summed E-state index contributed by atoms with van der Waals surface area (Å²) in [6, 6.07) is 0. The van der Waals surface area contributed by atoms with Crippen molar-refractivity contribution in [2.24, 2.45) is 0 Å². The van der Waals surface area contributed by atoms with Gasteiger partial charge >= 0.3 is 11.9 Å². The largest absolute Gasteiger partial charge is 0.461 e. The molecule has 4 heteroatoms. The van der Waals surface area contributed by atoms with E-state index in [0.717, 1.165) is 7.11 Å². The second-order valence-corrected chi connectivity index (χ2v) is 1.95. The molecule has 0 rings (SSSR count). The highest BCUT2D eigenvalue weighted by molar-refractivity contribution is 6.29. The van der Waals surface area contributed by atoms with Gasteiger partial charge in [-0.15, -0.1) is 0 Å². The van der Waals surface area contributed by atoms with Crippen LogP contribution < -0.4 is 0 Å². The standard InChI is InChI=1S/C6H10O4/c1-4(2)10-6(8)5(7)9-3/h4H,1-3H3. The smallest absolute Gasteiger partial charge is 0.417 e. The zero-order valence-electron chi connectivity index (χ0n) is 6.21. The molecule has 0 bridgehead atoms. The van der Waals surface area contributed by atoms with Gasteiger partial charge in [0.15, 0.2) is 0 Å². The quantitative estimate of drug-likeness (QED) is 0.389. The maximum absolute atomic E-state index is 10.5. The molecule has 0 N–H and O–H groups in total. The average Bonchev–Trinajstić information content (AvgIpc) is 1.85. The third-order valence-corrected chi connectivity index (χ3v) is 0.695. The molecular weight excluding hydrogens is 136 g/mol. The van der Waals surface area contributed by atoms with E-state index in [1.807, 2.05) is 0 Å². The first-order valence-corrected chi connectivity index (χ1v) is 2.87. The average molecular weight is 146 g/mol. The van der Waals surface area contributed by atoms with Crippen LogP contribution in [0.3, 0.4) is 0 Å². The minimum Gasteiger partial charge on any atom is -0.461 e. The molecular formula is C6H10O4. The first-order valence-electron chi connectivity index (χ1n) is 2.87. The van der Waals surface area contributed by atoms with Crippen molar-refractivity contribution in [3.63, 3.8) is 0 Å². The van der Waals surface area contributed by atoms with Gasteiger partial charge in [-0.05, 0) is 13.8 Å². The van der Waals surface area contributed by atoms with Crippen LogP contribution in [0, 0.1) is 0 Å². The highest BCUT2D eigenvalue weighted by atomic mass is 16.6. The summed E-state index contributed by atoms with van der Waals surface area (Å²) in [5.74, 6) is -1.91. The van der Waals surface area contributed by atoms with Gasteiger partial charge in [-0.1, -0.05) is 0 Å². The van der Waals surface area contributed by atoms with E-state index in [4.69, 9.17) is 0 Å². The molecule has 0 aromatic carbocycles. The number of hydrogen-bond acceptors (Lipinski definition) is 4. The van der Waals surface area contributed by atoms with Crippen LogP contribution in [0.4, 0.5) is 0 Å². The van der Waals surface area contributed by atoms with Crippen molar-refractivity contribution in [3.8, 4) is 0 Å². The van der Waals surface area contributed by atoms with E-state index >= 15 is 0 Å². The van der Waals surface area contributed by atoms with Gasteiger partial charge in [0, 0.05) is 0 Å². The van der Waals surface area contributed by atoms with E-state index in [1.165, 1.54) is 0 Å². The van der Waals surface area contributed by atoms with Crippen molar-refractivity contribution in [2.75, 3.05) is 7.11 Å². The molecule has 0 heterocycles. The highest BCUT2D eigenvalue weighted by Crippen LogP contribution is 1.89. The maximum atomic E-state index is 10.5. The van der Waals surface area contributed by atoms with Gasteiger partial charge < -0.3 is 9.47 Å². The summed E-state index contributed by atoms with van der Waals surface area (Å²) >= 11 is 0. The van der Waals surface area contributed by atoms with Gasteiger partial charge in [0.1, 0.15) is 0 Å². The van der Waals surface area contributed by atoms with Crippen molar-refractivity contribution < 1.29 is 19.1 Å². The SMILES string of the molecule is COC(=O)C(=O)OC(C)C. The number of methoxy groups -OCH3 is 1. The Hall–Kier alpha value is -1.06. The molecule has 0 atom stereocenters. The Morgan fingerprint density at radius 2 is 1.70 bits per heavy atom. The molecule has 0 radical (unpaired) electrons.